The normalized spacial score (nSPS) is 32.4. The minimum absolute atomic E-state index is 0.197. The maximum Gasteiger partial charge on any atom is 0.328 e. The first kappa shape index (κ1) is 14.8. The average molecular weight is 278 g/mol. The van der Waals surface area contributed by atoms with Crippen molar-refractivity contribution in [1.29, 1.82) is 0 Å². The molecule has 2 rings (SSSR count). The number of methoxy groups -OCH3 is 1. The fourth-order valence-electron chi connectivity index (χ4n) is 2.87. The second-order valence-corrected chi connectivity index (χ2v) is 6.01. The topological polar surface area (TPSA) is 52.6 Å². The lowest BCUT2D eigenvalue weighted by Crippen LogP contribution is -2.50. The van der Waals surface area contributed by atoms with E-state index in [9.17, 15) is 9.59 Å². The monoisotopic (exact) mass is 278 g/mol. The molecule has 1 aliphatic carbocycles. The van der Waals surface area contributed by atoms with Crippen LogP contribution in [0, 0.1) is 11.3 Å². The van der Waals surface area contributed by atoms with Gasteiger partial charge in [-0.2, -0.15) is 0 Å². The molecule has 0 aromatic heterocycles. The van der Waals surface area contributed by atoms with E-state index in [0.29, 0.717) is 0 Å². The number of carbonyl (C=O) groups excluding carboxylic acids is 2. The Morgan fingerprint density at radius 2 is 2.10 bits per heavy atom. The van der Waals surface area contributed by atoms with Crippen molar-refractivity contribution in [3.8, 4) is 0 Å². The van der Waals surface area contributed by atoms with Crippen LogP contribution < -0.4 is 0 Å². The molecule has 0 aromatic rings. The Morgan fingerprint density at radius 1 is 1.35 bits per heavy atom. The van der Waals surface area contributed by atoms with Gasteiger partial charge in [0.15, 0.2) is 5.41 Å². The molecule has 0 saturated carbocycles. The Hall–Kier alpha value is -1.58. The van der Waals surface area contributed by atoms with Crippen molar-refractivity contribution < 1.29 is 19.1 Å². The summed E-state index contributed by atoms with van der Waals surface area (Å²) >= 11 is 0. The highest BCUT2D eigenvalue weighted by molar-refractivity contribution is 6.03. The van der Waals surface area contributed by atoms with Crippen LogP contribution in [-0.4, -0.2) is 24.6 Å². The molecule has 0 aromatic carbocycles. The molecule has 4 heteroatoms. The van der Waals surface area contributed by atoms with E-state index in [1.165, 1.54) is 7.11 Å². The zero-order chi connectivity index (χ0) is 14.8. The summed E-state index contributed by atoms with van der Waals surface area (Å²) in [6, 6.07) is 0. The molecule has 2 atom stereocenters. The molecule has 4 nitrogen and oxygen atoms in total. The Kier molecular flexibility index (Phi) is 4.02. The van der Waals surface area contributed by atoms with Crippen LogP contribution >= 0.6 is 0 Å². The van der Waals surface area contributed by atoms with Crippen molar-refractivity contribution in [3.05, 3.63) is 24.3 Å². The van der Waals surface area contributed by atoms with Crippen molar-refractivity contribution in [3.63, 3.8) is 0 Å². The Morgan fingerprint density at radius 3 is 2.75 bits per heavy atom. The number of hydrogen-bond acceptors (Lipinski definition) is 4. The molecule has 0 spiro atoms. The van der Waals surface area contributed by atoms with Gasteiger partial charge in [0.1, 0.15) is 5.60 Å². The highest BCUT2D eigenvalue weighted by atomic mass is 16.6. The van der Waals surface area contributed by atoms with Crippen molar-refractivity contribution in [2.75, 3.05) is 7.11 Å². The van der Waals surface area contributed by atoms with Crippen LogP contribution in [0.2, 0.25) is 0 Å². The second-order valence-electron chi connectivity index (χ2n) is 6.01. The van der Waals surface area contributed by atoms with Gasteiger partial charge in [-0.1, -0.05) is 24.6 Å². The summed E-state index contributed by atoms with van der Waals surface area (Å²) in [5, 5.41) is 0. The summed E-state index contributed by atoms with van der Waals surface area (Å²) in [5.74, 6) is -1.24. The molecule has 2 unspecified atom stereocenters. The van der Waals surface area contributed by atoms with Gasteiger partial charge < -0.3 is 9.47 Å². The highest BCUT2D eigenvalue weighted by Crippen LogP contribution is 2.42. The first-order valence-electron chi connectivity index (χ1n) is 7.11. The number of ether oxygens (including phenoxy) is 2. The van der Waals surface area contributed by atoms with Gasteiger partial charge in [-0.05, 0) is 39.2 Å². The maximum absolute atomic E-state index is 12.5. The van der Waals surface area contributed by atoms with Gasteiger partial charge in [-0.25, -0.2) is 0 Å². The van der Waals surface area contributed by atoms with Gasteiger partial charge in [0, 0.05) is 5.92 Å². The number of carbonyl (C=O) groups is 2. The summed E-state index contributed by atoms with van der Waals surface area (Å²) in [5.41, 5.74) is -2.01. The number of esters is 2. The van der Waals surface area contributed by atoms with Crippen molar-refractivity contribution in [2.45, 2.75) is 45.1 Å². The van der Waals surface area contributed by atoms with E-state index in [1.807, 2.05) is 12.2 Å². The molecule has 1 aliphatic heterocycles. The van der Waals surface area contributed by atoms with Gasteiger partial charge in [0.05, 0.1) is 7.11 Å². The fraction of sp³-hybridized carbons (Fsp3) is 0.625. The highest BCUT2D eigenvalue weighted by Gasteiger charge is 2.55. The number of hydrogen-bond donors (Lipinski definition) is 0. The molecule has 20 heavy (non-hydrogen) atoms. The lowest BCUT2D eigenvalue weighted by atomic mass is 9.71. The predicted octanol–water partition coefficient (Wildman–Crippen LogP) is 2.78. The molecule has 0 radical (unpaired) electrons. The van der Waals surface area contributed by atoms with E-state index in [-0.39, 0.29) is 5.92 Å². The van der Waals surface area contributed by atoms with Crippen LogP contribution in [0.4, 0.5) is 0 Å². The van der Waals surface area contributed by atoms with Gasteiger partial charge in [-0.15, -0.1) is 0 Å². The van der Waals surface area contributed by atoms with Gasteiger partial charge in [0.2, 0.25) is 0 Å². The van der Waals surface area contributed by atoms with Crippen LogP contribution in [-0.2, 0) is 19.1 Å². The average Bonchev–Trinajstić information content (AvgIpc) is 2.67. The molecule has 0 saturated heterocycles. The molecule has 0 fully saturated rings. The molecule has 0 amide bonds. The Bertz CT molecular complexity index is 461. The Balaban J connectivity index is 2.46. The van der Waals surface area contributed by atoms with E-state index in [2.05, 4.69) is 0 Å². The van der Waals surface area contributed by atoms with Crippen molar-refractivity contribution >= 4 is 11.9 Å². The van der Waals surface area contributed by atoms with Gasteiger partial charge in [-0.3, -0.25) is 9.59 Å². The minimum atomic E-state index is -1.33. The van der Waals surface area contributed by atoms with Crippen LogP contribution in [0.1, 0.15) is 39.5 Å². The van der Waals surface area contributed by atoms with Crippen molar-refractivity contribution in [1.82, 2.24) is 0 Å². The lowest BCUT2D eigenvalue weighted by Gasteiger charge is -2.38. The third-order valence-electron chi connectivity index (χ3n) is 4.05. The third-order valence-corrected chi connectivity index (χ3v) is 4.05. The van der Waals surface area contributed by atoms with E-state index in [0.717, 1.165) is 25.7 Å². The quantitative estimate of drug-likeness (QED) is 0.443. The number of allylic oxidation sites excluding steroid dienone is 2. The molecule has 0 bridgehead atoms. The standard InChI is InChI=1S/C16H22O4/c1-15(2)10-11-16(13(17)19-3,14(18)20-15)12-8-6-4-5-7-9-12/h6,8,10-12H,4-5,7,9H2,1-3H3. The molecular weight excluding hydrogens is 256 g/mol. The lowest BCUT2D eigenvalue weighted by molar-refractivity contribution is -0.178. The second kappa shape index (κ2) is 5.43. The van der Waals surface area contributed by atoms with Crippen molar-refractivity contribution in [2.24, 2.45) is 11.3 Å². The van der Waals surface area contributed by atoms with E-state index in [4.69, 9.17) is 9.47 Å². The van der Waals surface area contributed by atoms with E-state index in [1.54, 1.807) is 26.0 Å². The summed E-state index contributed by atoms with van der Waals surface area (Å²) in [4.78, 5) is 24.8. The summed E-state index contributed by atoms with van der Waals surface area (Å²) in [6.45, 7) is 3.59. The third kappa shape index (κ3) is 2.51. The van der Waals surface area contributed by atoms with E-state index < -0.39 is 23.0 Å². The minimum Gasteiger partial charge on any atom is -0.468 e. The summed E-state index contributed by atoms with van der Waals surface area (Å²) < 4.78 is 10.3. The SMILES string of the molecule is COC(=O)C1(C2C=CCCCC2)C=CC(C)(C)OC1=O. The molecular formula is C16H22O4. The zero-order valence-corrected chi connectivity index (χ0v) is 12.3. The van der Waals surface area contributed by atoms with Crippen LogP contribution in [0.3, 0.4) is 0 Å². The molecule has 110 valence electrons. The number of cyclic esters (lactones) is 1. The first-order valence-corrected chi connectivity index (χ1v) is 7.11. The van der Waals surface area contributed by atoms with E-state index >= 15 is 0 Å². The summed E-state index contributed by atoms with van der Waals surface area (Å²) in [7, 11) is 1.31. The van der Waals surface area contributed by atoms with Gasteiger partial charge >= 0.3 is 11.9 Å². The van der Waals surface area contributed by atoms with Crippen LogP contribution in [0.25, 0.3) is 0 Å². The summed E-state index contributed by atoms with van der Waals surface area (Å²) in [6.07, 6.45) is 11.3. The van der Waals surface area contributed by atoms with Gasteiger partial charge in [0.25, 0.3) is 0 Å². The smallest absolute Gasteiger partial charge is 0.328 e. The number of rotatable bonds is 2. The van der Waals surface area contributed by atoms with Crippen LogP contribution in [0.15, 0.2) is 24.3 Å². The predicted molar refractivity (Wildman–Crippen MR) is 74.9 cm³/mol. The first-order chi connectivity index (χ1) is 9.42. The molecule has 1 heterocycles. The molecule has 2 aliphatic rings. The zero-order valence-electron chi connectivity index (χ0n) is 12.3. The largest absolute Gasteiger partial charge is 0.468 e. The fourth-order valence-corrected chi connectivity index (χ4v) is 2.87. The molecule has 0 N–H and O–H groups in total. The van der Waals surface area contributed by atoms with Crippen LogP contribution in [0.5, 0.6) is 0 Å². The Labute approximate surface area is 119 Å². The maximum atomic E-state index is 12.5.